The smallest absolute Gasteiger partial charge is 0.166 e. The Morgan fingerprint density at radius 3 is 2.29 bits per heavy atom. The van der Waals surface area contributed by atoms with Crippen LogP contribution in [0.1, 0.15) is 43.9 Å². The summed E-state index contributed by atoms with van der Waals surface area (Å²) in [5, 5.41) is 9.46. The van der Waals surface area contributed by atoms with E-state index >= 15 is 0 Å². The molecule has 2 nitrogen and oxygen atoms in total. The Hall–Kier alpha value is -1.39. The van der Waals surface area contributed by atoms with Crippen LogP contribution in [0.2, 0.25) is 0 Å². The van der Waals surface area contributed by atoms with Gasteiger partial charge in [0.25, 0.3) is 0 Å². The van der Waals surface area contributed by atoms with Crippen LogP contribution in [0.3, 0.4) is 0 Å². The van der Waals surface area contributed by atoms with Crippen LogP contribution in [-0.2, 0) is 0 Å². The van der Waals surface area contributed by atoms with E-state index in [-0.39, 0.29) is 11.7 Å². The van der Waals surface area contributed by atoms with Crippen molar-refractivity contribution in [3.63, 3.8) is 0 Å². The molecule has 1 atom stereocenters. The average Bonchev–Trinajstić information content (AvgIpc) is 2.42. The summed E-state index contributed by atoms with van der Waals surface area (Å²) in [5.74, 6) is 0.573. The van der Waals surface area contributed by atoms with E-state index in [1.54, 1.807) is 19.1 Å². The molecular formula is C17H18BrFO2. The van der Waals surface area contributed by atoms with Gasteiger partial charge in [0.1, 0.15) is 5.75 Å². The molecule has 21 heavy (non-hydrogen) atoms. The van der Waals surface area contributed by atoms with E-state index in [0.717, 1.165) is 10.0 Å². The number of hydrogen-bond donors (Lipinski definition) is 1. The molecule has 2 rings (SSSR count). The van der Waals surface area contributed by atoms with Crippen LogP contribution in [0.15, 0.2) is 40.9 Å². The van der Waals surface area contributed by atoms with Crippen molar-refractivity contribution in [2.45, 2.75) is 32.8 Å². The molecule has 0 saturated heterocycles. The molecule has 2 aromatic rings. The second kappa shape index (κ2) is 6.58. The Morgan fingerprint density at radius 2 is 1.71 bits per heavy atom. The molecule has 1 N–H and O–H groups in total. The number of aliphatic hydroxyl groups excluding tert-OH is 1. The summed E-state index contributed by atoms with van der Waals surface area (Å²) in [5.41, 5.74) is 1.53. The molecule has 0 aromatic heterocycles. The quantitative estimate of drug-likeness (QED) is 0.780. The lowest BCUT2D eigenvalue weighted by Gasteiger charge is -2.15. The van der Waals surface area contributed by atoms with E-state index in [1.165, 1.54) is 6.07 Å². The molecule has 0 spiro atoms. The molecule has 112 valence electrons. The van der Waals surface area contributed by atoms with E-state index in [9.17, 15) is 9.50 Å². The molecule has 0 unspecified atom stereocenters. The summed E-state index contributed by atoms with van der Waals surface area (Å²) >= 11 is 3.43. The van der Waals surface area contributed by atoms with Crippen molar-refractivity contribution in [2.75, 3.05) is 0 Å². The molecule has 0 fully saturated rings. The van der Waals surface area contributed by atoms with Gasteiger partial charge in [0.05, 0.1) is 6.10 Å². The molecule has 4 heteroatoms. The number of halogens is 2. The molecule has 0 heterocycles. The van der Waals surface area contributed by atoms with Crippen LogP contribution in [-0.4, -0.2) is 5.11 Å². The minimum absolute atomic E-state index is 0.156. The van der Waals surface area contributed by atoms with E-state index in [1.807, 2.05) is 18.2 Å². The Bertz CT molecular complexity index is 639. The molecule has 0 bridgehead atoms. The first-order valence-corrected chi connectivity index (χ1v) is 7.62. The van der Waals surface area contributed by atoms with E-state index in [4.69, 9.17) is 4.74 Å². The minimum atomic E-state index is -0.701. The molecular weight excluding hydrogens is 335 g/mol. The van der Waals surface area contributed by atoms with Crippen LogP contribution < -0.4 is 4.74 Å². The van der Waals surface area contributed by atoms with Crippen molar-refractivity contribution in [3.05, 3.63) is 57.8 Å². The third-order valence-electron chi connectivity index (χ3n) is 3.25. The van der Waals surface area contributed by atoms with Gasteiger partial charge in [0, 0.05) is 4.47 Å². The predicted octanol–water partition coefficient (Wildman–Crippen LogP) is 5.56. The molecule has 0 aliphatic carbocycles. The van der Waals surface area contributed by atoms with Crippen LogP contribution in [0.5, 0.6) is 11.5 Å². The number of benzene rings is 2. The number of hydrogen-bond acceptors (Lipinski definition) is 2. The van der Waals surface area contributed by atoms with Crippen molar-refractivity contribution < 1.29 is 14.2 Å². The Kier molecular flexibility index (Phi) is 5.01. The van der Waals surface area contributed by atoms with Crippen LogP contribution in [0.4, 0.5) is 4.39 Å². The lowest BCUT2D eigenvalue weighted by atomic mass is 10.0. The maximum Gasteiger partial charge on any atom is 0.166 e. The maximum atomic E-state index is 14.1. The van der Waals surface area contributed by atoms with Crippen LogP contribution in [0.25, 0.3) is 0 Å². The van der Waals surface area contributed by atoms with Gasteiger partial charge in [-0.1, -0.05) is 35.8 Å². The zero-order valence-electron chi connectivity index (χ0n) is 12.2. The lowest BCUT2D eigenvalue weighted by molar-refractivity contribution is 0.198. The largest absolute Gasteiger partial charge is 0.454 e. The summed E-state index contributed by atoms with van der Waals surface area (Å²) in [7, 11) is 0. The van der Waals surface area contributed by atoms with E-state index in [0.29, 0.717) is 11.3 Å². The first-order chi connectivity index (χ1) is 9.88. The van der Waals surface area contributed by atoms with Crippen molar-refractivity contribution in [1.29, 1.82) is 0 Å². The van der Waals surface area contributed by atoms with Gasteiger partial charge in [-0.2, -0.15) is 0 Å². The SMILES string of the molecule is CC(C)c1cc(Br)ccc1Oc1ccc([C@H](C)O)cc1F. The van der Waals surface area contributed by atoms with Gasteiger partial charge in [-0.15, -0.1) is 0 Å². The van der Waals surface area contributed by atoms with Gasteiger partial charge < -0.3 is 9.84 Å². The number of aliphatic hydroxyl groups is 1. The first kappa shape index (κ1) is 16.0. The van der Waals surface area contributed by atoms with Crippen LogP contribution in [0, 0.1) is 5.82 Å². The molecule has 0 aliphatic heterocycles. The van der Waals surface area contributed by atoms with E-state index in [2.05, 4.69) is 29.8 Å². The fraction of sp³-hybridized carbons (Fsp3) is 0.294. The molecule has 0 radical (unpaired) electrons. The highest BCUT2D eigenvalue weighted by Crippen LogP contribution is 2.34. The molecule has 0 amide bonds. The van der Waals surface area contributed by atoms with Crippen LogP contribution >= 0.6 is 15.9 Å². The average molecular weight is 353 g/mol. The van der Waals surface area contributed by atoms with Crippen molar-refractivity contribution in [1.82, 2.24) is 0 Å². The van der Waals surface area contributed by atoms with Gasteiger partial charge in [-0.3, -0.25) is 0 Å². The zero-order chi connectivity index (χ0) is 15.6. The van der Waals surface area contributed by atoms with Gasteiger partial charge in [-0.25, -0.2) is 4.39 Å². The van der Waals surface area contributed by atoms with Crippen molar-refractivity contribution in [2.24, 2.45) is 0 Å². The number of rotatable bonds is 4. The summed E-state index contributed by atoms with van der Waals surface area (Å²) in [6.07, 6.45) is -0.701. The molecule has 2 aromatic carbocycles. The second-order valence-corrected chi connectivity index (χ2v) is 6.22. The molecule has 0 aliphatic rings. The Labute approximate surface area is 132 Å². The minimum Gasteiger partial charge on any atom is -0.454 e. The summed E-state index contributed by atoms with van der Waals surface area (Å²) in [6.45, 7) is 5.71. The fourth-order valence-electron chi connectivity index (χ4n) is 2.04. The highest BCUT2D eigenvalue weighted by atomic mass is 79.9. The maximum absolute atomic E-state index is 14.1. The zero-order valence-corrected chi connectivity index (χ0v) is 13.8. The summed E-state index contributed by atoms with van der Waals surface area (Å²) in [4.78, 5) is 0. The second-order valence-electron chi connectivity index (χ2n) is 5.30. The summed E-state index contributed by atoms with van der Waals surface area (Å²) in [6, 6.07) is 10.2. The predicted molar refractivity (Wildman–Crippen MR) is 85.3 cm³/mol. The number of ether oxygens (including phenoxy) is 1. The monoisotopic (exact) mass is 352 g/mol. The van der Waals surface area contributed by atoms with Crippen molar-refractivity contribution >= 4 is 15.9 Å². The normalized spacial score (nSPS) is 12.5. The standard InChI is InChI=1S/C17H18BrFO2/c1-10(2)14-9-13(18)5-7-16(14)21-17-6-4-12(11(3)20)8-15(17)19/h4-11,20H,1-3H3/t11-/m0/s1. The highest BCUT2D eigenvalue weighted by Gasteiger charge is 2.13. The topological polar surface area (TPSA) is 29.5 Å². The Morgan fingerprint density at radius 1 is 1.05 bits per heavy atom. The van der Waals surface area contributed by atoms with Gasteiger partial charge in [0.15, 0.2) is 11.6 Å². The highest BCUT2D eigenvalue weighted by molar-refractivity contribution is 9.10. The summed E-state index contributed by atoms with van der Waals surface area (Å²) < 4.78 is 20.7. The molecule has 0 saturated carbocycles. The first-order valence-electron chi connectivity index (χ1n) is 6.83. The van der Waals surface area contributed by atoms with E-state index < -0.39 is 11.9 Å². The third-order valence-corrected chi connectivity index (χ3v) is 3.75. The van der Waals surface area contributed by atoms with Gasteiger partial charge in [-0.05, 0) is 54.3 Å². The van der Waals surface area contributed by atoms with Gasteiger partial charge in [0.2, 0.25) is 0 Å². The van der Waals surface area contributed by atoms with Crippen molar-refractivity contribution in [3.8, 4) is 11.5 Å². The van der Waals surface area contributed by atoms with Gasteiger partial charge >= 0.3 is 0 Å². The Balaban J connectivity index is 2.34. The fourth-order valence-corrected chi connectivity index (χ4v) is 2.42. The lowest BCUT2D eigenvalue weighted by Crippen LogP contribution is -1.97. The third kappa shape index (κ3) is 3.83.